The van der Waals surface area contributed by atoms with E-state index in [-0.39, 0.29) is 12.0 Å². The van der Waals surface area contributed by atoms with Crippen molar-refractivity contribution >= 4 is 5.91 Å². The van der Waals surface area contributed by atoms with Gasteiger partial charge in [-0.3, -0.25) is 14.6 Å². The summed E-state index contributed by atoms with van der Waals surface area (Å²) in [4.78, 5) is 16.7. The van der Waals surface area contributed by atoms with Crippen molar-refractivity contribution in [3.05, 3.63) is 0 Å². The lowest BCUT2D eigenvalue weighted by molar-refractivity contribution is -0.123. The Kier molecular flexibility index (Phi) is 5.71. The van der Waals surface area contributed by atoms with Gasteiger partial charge in [-0.05, 0) is 31.6 Å². The van der Waals surface area contributed by atoms with E-state index < -0.39 is 0 Å². The zero-order valence-electron chi connectivity index (χ0n) is 13.7. The topological polar surface area (TPSA) is 55.8 Å². The van der Waals surface area contributed by atoms with E-state index in [0.717, 1.165) is 45.6 Å². The molecule has 1 saturated heterocycles. The molecule has 0 spiro atoms. The van der Waals surface area contributed by atoms with Gasteiger partial charge < -0.3 is 10.4 Å². The fraction of sp³-hybridized carbons (Fsp3) is 0.941. The van der Waals surface area contributed by atoms with Crippen LogP contribution in [0.2, 0.25) is 0 Å². The van der Waals surface area contributed by atoms with Gasteiger partial charge in [-0.25, -0.2) is 0 Å². The number of nitrogens with one attached hydrogen (secondary N) is 1. The highest BCUT2D eigenvalue weighted by Crippen LogP contribution is 2.32. The second-order valence-electron chi connectivity index (χ2n) is 7.38. The maximum absolute atomic E-state index is 12.1. The molecule has 2 aliphatic carbocycles. The number of carbonyl (C=O) groups excluding carboxylic acids is 1. The molecule has 1 heterocycles. The van der Waals surface area contributed by atoms with Crippen molar-refractivity contribution in [2.45, 2.75) is 57.1 Å². The lowest BCUT2D eigenvalue weighted by atomic mass is 9.95. The molecule has 1 atom stereocenters. The molecule has 5 heteroatoms. The Balaban J connectivity index is 1.31. The predicted molar refractivity (Wildman–Crippen MR) is 86.6 cm³/mol. The molecule has 1 unspecified atom stereocenters. The molecule has 1 aliphatic heterocycles. The van der Waals surface area contributed by atoms with Gasteiger partial charge in [0.2, 0.25) is 5.91 Å². The smallest absolute Gasteiger partial charge is 0.234 e. The molecule has 0 aromatic carbocycles. The van der Waals surface area contributed by atoms with Crippen LogP contribution in [0.15, 0.2) is 0 Å². The minimum atomic E-state index is -0.138. The molecule has 5 nitrogen and oxygen atoms in total. The van der Waals surface area contributed by atoms with Gasteiger partial charge >= 0.3 is 0 Å². The first-order chi connectivity index (χ1) is 10.7. The monoisotopic (exact) mass is 309 g/mol. The second kappa shape index (κ2) is 7.75. The van der Waals surface area contributed by atoms with E-state index in [4.69, 9.17) is 0 Å². The number of piperazine rings is 1. The Hall–Kier alpha value is -0.650. The molecule has 0 aromatic rings. The van der Waals surface area contributed by atoms with Gasteiger partial charge in [0, 0.05) is 38.8 Å². The van der Waals surface area contributed by atoms with Crippen molar-refractivity contribution in [1.29, 1.82) is 0 Å². The average Bonchev–Trinajstić information content (AvgIpc) is 3.35. The van der Waals surface area contributed by atoms with E-state index >= 15 is 0 Å². The van der Waals surface area contributed by atoms with E-state index in [9.17, 15) is 9.90 Å². The molecule has 0 aromatic heterocycles. The lowest BCUT2D eigenvalue weighted by Crippen LogP contribution is -2.52. The summed E-state index contributed by atoms with van der Waals surface area (Å²) in [5, 5.41) is 13.2. The fourth-order valence-corrected chi connectivity index (χ4v) is 3.75. The Morgan fingerprint density at radius 3 is 2.27 bits per heavy atom. The van der Waals surface area contributed by atoms with E-state index in [1.807, 2.05) is 0 Å². The van der Waals surface area contributed by atoms with Crippen molar-refractivity contribution in [2.24, 2.45) is 5.92 Å². The number of hydrogen-bond acceptors (Lipinski definition) is 4. The van der Waals surface area contributed by atoms with Crippen LogP contribution in [0.3, 0.4) is 0 Å². The van der Waals surface area contributed by atoms with Crippen LogP contribution in [0.4, 0.5) is 0 Å². The quantitative estimate of drug-likeness (QED) is 0.763. The maximum Gasteiger partial charge on any atom is 0.234 e. The third-order valence-corrected chi connectivity index (χ3v) is 5.41. The summed E-state index contributed by atoms with van der Waals surface area (Å²) in [6.45, 7) is 5.17. The van der Waals surface area contributed by atoms with Gasteiger partial charge in [-0.1, -0.05) is 19.3 Å². The first-order valence-electron chi connectivity index (χ1n) is 9.13. The molecule has 2 N–H and O–H groups in total. The van der Waals surface area contributed by atoms with E-state index in [1.165, 1.54) is 32.1 Å². The standard InChI is InChI=1S/C17H31N3O2/c21-16(14-6-7-14)12-19-8-10-20(11-9-19)13-17(22)18-15-4-2-1-3-5-15/h14-16,21H,1-13H2,(H,18,22). The predicted octanol–water partition coefficient (Wildman–Crippen LogP) is 0.824. The summed E-state index contributed by atoms with van der Waals surface area (Å²) in [6.07, 6.45) is 8.39. The maximum atomic E-state index is 12.1. The van der Waals surface area contributed by atoms with Gasteiger partial charge in [0.15, 0.2) is 0 Å². The van der Waals surface area contributed by atoms with Crippen molar-refractivity contribution in [3.63, 3.8) is 0 Å². The number of carbonyl (C=O) groups is 1. The van der Waals surface area contributed by atoms with Crippen LogP contribution >= 0.6 is 0 Å². The Bertz CT molecular complexity index is 359. The third-order valence-electron chi connectivity index (χ3n) is 5.41. The first-order valence-corrected chi connectivity index (χ1v) is 9.13. The molecular formula is C17H31N3O2. The van der Waals surface area contributed by atoms with Crippen LogP contribution in [0.1, 0.15) is 44.9 Å². The highest BCUT2D eigenvalue weighted by atomic mass is 16.3. The van der Waals surface area contributed by atoms with Crippen LogP contribution in [-0.2, 0) is 4.79 Å². The molecule has 1 amide bonds. The molecule has 0 bridgehead atoms. The van der Waals surface area contributed by atoms with Crippen molar-refractivity contribution in [1.82, 2.24) is 15.1 Å². The zero-order chi connectivity index (χ0) is 15.4. The van der Waals surface area contributed by atoms with Crippen molar-refractivity contribution in [2.75, 3.05) is 39.3 Å². The highest BCUT2D eigenvalue weighted by Gasteiger charge is 2.31. The minimum Gasteiger partial charge on any atom is -0.392 e. The van der Waals surface area contributed by atoms with Gasteiger partial charge in [0.25, 0.3) is 0 Å². The summed E-state index contributed by atoms with van der Waals surface area (Å²) in [5.41, 5.74) is 0. The van der Waals surface area contributed by atoms with Crippen LogP contribution in [0, 0.1) is 5.92 Å². The van der Waals surface area contributed by atoms with Crippen LogP contribution in [-0.4, -0.2) is 72.2 Å². The summed E-state index contributed by atoms with van der Waals surface area (Å²) in [6, 6.07) is 0.413. The largest absolute Gasteiger partial charge is 0.392 e. The van der Waals surface area contributed by atoms with Crippen molar-refractivity contribution in [3.8, 4) is 0 Å². The van der Waals surface area contributed by atoms with E-state index in [1.54, 1.807) is 0 Å². The SMILES string of the molecule is O=C(CN1CCN(CC(O)C2CC2)CC1)NC1CCCCC1. The third kappa shape index (κ3) is 4.93. The van der Waals surface area contributed by atoms with Gasteiger partial charge in [-0.15, -0.1) is 0 Å². The average molecular weight is 309 g/mol. The number of rotatable bonds is 6. The Morgan fingerprint density at radius 1 is 1.00 bits per heavy atom. The van der Waals surface area contributed by atoms with Crippen LogP contribution < -0.4 is 5.32 Å². The summed E-state index contributed by atoms with van der Waals surface area (Å²) < 4.78 is 0. The number of amides is 1. The molecule has 3 fully saturated rings. The molecule has 3 rings (SSSR count). The van der Waals surface area contributed by atoms with E-state index in [0.29, 0.717) is 18.5 Å². The minimum absolute atomic E-state index is 0.138. The number of aliphatic hydroxyl groups is 1. The molecule has 0 radical (unpaired) electrons. The summed E-state index contributed by atoms with van der Waals surface area (Å²) >= 11 is 0. The van der Waals surface area contributed by atoms with Gasteiger partial charge in [0.1, 0.15) is 0 Å². The lowest BCUT2D eigenvalue weighted by Gasteiger charge is -2.35. The normalized spacial score (nSPS) is 26.8. The fourth-order valence-electron chi connectivity index (χ4n) is 3.75. The molecule has 126 valence electrons. The summed E-state index contributed by atoms with van der Waals surface area (Å²) in [5.74, 6) is 0.748. The molecule has 3 aliphatic rings. The Morgan fingerprint density at radius 2 is 1.64 bits per heavy atom. The Labute approximate surface area is 134 Å². The van der Waals surface area contributed by atoms with Gasteiger partial charge in [-0.2, -0.15) is 0 Å². The van der Waals surface area contributed by atoms with Crippen molar-refractivity contribution < 1.29 is 9.90 Å². The number of nitrogens with zero attached hydrogens (tertiary/aromatic N) is 2. The number of β-amino-alcohol motifs (C(OH)–C–C–N with tert-alkyl or cyclic N) is 1. The first kappa shape index (κ1) is 16.2. The highest BCUT2D eigenvalue weighted by molar-refractivity contribution is 5.78. The van der Waals surface area contributed by atoms with E-state index in [2.05, 4.69) is 15.1 Å². The van der Waals surface area contributed by atoms with Gasteiger partial charge in [0.05, 0.1) is 12.6 Å². The molecular weight excluding hydrogens is 278 g/mol. The number of aliphatic hydroxyl groups excluding tert-OH is 1. The molecule has 2 saturated carbocycles. The number of hydrogen-bond donors (Lipinski definition) is 2. The van der Waals surface area contributed by atoms with Crippen LogP contribution in [0.25, 0.3) is 0 Å². The van der Waals surface area contributed by atoms with Crippen LogP contribution in [0.5, 0.6) is 0 Å². The summed E-state index contributed by atoms with van der Waals surface area (Å²) in [7, 11) is 0. The second-order valence-corrected chi connectivity index (χ2v) is 7.38. The molecule has 22 heavy (non-hydrogen) atoms. The zero-order valence-corrected chi connectivity index (χ0v) is 13.7.